The van der Waals surface area contributed by atoms with Crippen LogP contribution in [0.4, 0.5) is 5.69 Å². The van der Waals surface area contributed by atoms with E-state index in [1.165, 1.54) is 24.4 Å². The van der Waals surface area contributed by atoms with Gasteiger partial charge >= 0.3 is 0 Å². The number of benzene rings is 1. The van der Waals surface area contributed by atoms with E-state index in [1.807, 2.05) is 0 Å². The van der Waals surface area contributed by atoms with E-state index in [4.69, 9.17) is 0 Å². The van der Waals surface area contributed by atoms with E-state index in [0.29, 0.717) is 11.1 Å². The summed E-state index contributed by atoms with van der Waals surface area (Å²) in [6.07, 6.45) is 5.77. The molecule has 0 aliphatic rings. The predicted molar refractivity (Wildman–Crippen MR) is 70.7 cm³/mol. The van der Waals surface area contributed by atoms with Crippen molar-refractivity contribution in [3.05, 3.63) is 76.1 Å². The molecule has 0 spiro atoms. The first-order valence-corrected chi connectivity index (χ1v) is 5.54. The Labute approximate surface area is 109 Å². The van der Waals surface area contributed by atoms with Crippen molar-refractivity contribution in [2.45, 2.75) is 0 Å². The van der Waals surface area contributed by atoms with E-state index >= 15 is 0 Å². The molecule has 0 N–H and O–H groups in total. The highest BCUT2D eigenvalue weighted by Gasteiger charge is 2.10. The molecule has 19 heavy (non-hydrogen) atoms. The maximum absolute atomic E-state index is 11.8. The Morgan fingerprint density at radius 1 is 1.21 bits per heavy atom. The standard InChI is InChI=1S/C14H10N2O3/c17-14(12-5-3-9-15-10-12)8-7-11-4-1-2-6-13(11)16(18)19/h1-10H. The van der Waals surface area contributed by atoms with Crippen LogP contribution in [0.5, 0.6) is 0 Å². The fourth-order valence-corrected chi connectivity index (χ4v) is 1.56. The van der Waals surface area contributed by atoms with Crippen LogP contribution in [0.15, 0.2) is 54.9 Å². The third-order valence-electron chi connectivity index (χ3n) is 2.49. The quantitative estimate of drug-likeness (QED) is 0.364. The number of nitro groups is 1. The second-order valence-electron chi connectivity index (χ2n) is 3.76. The minimum Gasteiger partial charge on any atom is -0.289 e. The molecule has 0 unspecified atom stereocenters. The Hall–Kier alpha value is -2.82. The summed E-state index contributed by atoms with van der Waals surface area (Å²) in [7, 11) is 0. The first-order valence-electron chi connectivity index (χ1n) is 5.54. The van der Waals surface area contributed by atoms with Crippen LogP contribution in [-0.4, -0.2) is 15.7 Å². The average Bonchev–Trinajstić information content (AvgIpc) is 2.46. The second kappa shape index (κ2) is 5.68. The molecule has 0 saturated carbocycles. The van der Waals surface area contributed by atoms with Gasteiger partial charge < -0.3 is 0 Å². The van der Waals surface area contributed by atoms with E-state index < -0.39 is 4.92 Å². The van der Waals surface area contributed by atoms with Crippen LogP contribution in [0.25, 0.3) is 6.08 Å². The van der Waals surface area contributed by atoms with Gasteiger partial charge in [0.2, 0.25) is 0 Å². The van der Waals surface area contributed by atoms with Gasteiger partial charge in [0.05, 0.1) is 10.5 Å². The summed E-state index contributed by atoms with van der Waals surface area (Å²) < 4.78 is 0. The maximum Gasteiger partial charge on any atom is 0.276 e. The van der Waals surface area contributed by atoms with E-state index in [1.54, 1.807) is 36.5 Å². The Morgan fingerprint density at radius 3 is 2.68 bits per heavy atom. The summed E-state index contributed by atoms with van der Waals surface area (Å²) in [5, 5.41) is 10.8. The van der Waals surface area contributed by atoms with Gasteiger partial charge in [-0.25, -0.2) is 0 Å². The van der Waals surface area contributed by atoms with Crippen LogP contribution < -0.4 is 0 Å². The topological polar surface area (TPSA) is 73.1 Å². The van der Waals surface area contributed by atoms with Crippen LogP contribution in [0.1, 0.15) is 15.9 Å². The van der Waals surface area contributed by atoms with E-state index in [2.05, 4.69) is 4.98 Å². The highest BCUT2D eigenvalue weighted by Crippen LogP contribution is 2.19. The van der Waals surface area contributed by atoms with Gasteiger partial charge in [-0.1, -0.05) is 12.1 Å². The monoisotopic (exact) mass is 254 g/mol. The minimum absolute atomic E-state index is 0.0299. The first kappa shape index (κ1) is 12.6. The third kappa shape index (κ3) is 3.10. The lowest BCUT2D eigenvalue weighted by Crippen LogP contribution is -1.95. The molecule has 5 heteroatoms. The molecule has 1 heterocycles. The summed E-state index contributed by atoms with van der Waals surface area (Å²) in [6, 6.07) is 9.55. The summed E-state index contributed by atoms with van der Waals surface area (Å²) in [6.45, 7) is 0. The van der Waals surface area contributed by atoms with Gasteiger partial charge in [-0.15, -0.1) is 0 Å². The number of carbonyl (C=O) groups is 1. The van der Waals surface area contributed by atoms with Crippen molar-refractivity contribution in [1.82, 2.24) is 4.98 Å². The number of carbonyl (C=O) groups excluding carboxylic acids is 1. The molecule has 0 atom stereocenters. The van der Waals surface area contributed by atoms with Crippen molar-refractivity contribution < 1.29 is 9.72 Å². The summed E-state index contributed by atoms with van der Waals surface area (Å²) in [4.78, 5) is 26.0. The van der Waals surface area contributed by atoms with Crippen molar-refractivity contribution >= 4 is 17.5 Å². The molecule has 0 aliphatic heterocycles. The summed E-state index contributed by atoms with van der Waals surface area (Å²) in [5.41, 5.74) is 0.805. The van der Waals surface area contributed by atoms with Gasteiger partial charge in [-0.3, -0.25) is 19.9 Å². The molecule has 1 aromatic carbocycles. The van der Waals surface area contributed by atoms with E-state index in [-0.39, 0.29) is 11.5 Å². The first-order chi connectivity index (χ1) is 9.18. The van der Waals surface area contributed by atoms with Crippen molar-refractivity contribution in [1.29, 1.82) is 0 Å². The van der Waals surface area contributed by atoms with Gasteiger partial charge in [0.25, 0.3) is 5.69 Å². The summed E-state index contributed by atoms with van der Waals surface area (Å²) in [5.74, 6) is -0.244. The third-order valence-corrected chi connectivity index (χ3v) is 2.49. The molecule has 2 aromatic rings. The molecule has 0 amide bonds. The van der Waals surface area contributed by atoms with E-state index in [9.17, 15) is 14.9 Å². The number of hydrogen-bond donors (Lipinski definition) is 0. The van der Waals surface area contributed by atoms with Gasteiger partial charge in [-0.2, -0.15) is 0 Å². The van der Waals surface area contributed by atoms with Crippen molar-refractivity contribution in [3.8, 4) is 0 Å². The lowest BCUT2D eigenvalue weighted by Gasteiger charge is -1.96. The Balaban J connectivity index is 2.24. The fraction of sp³-hybridized carbons (Fsp3) is 0. The molecule has 0 fully saturated rings. The number of para-hydroxylation sites is 1. The zero-order chi connectivity index (χ0) is 13.7. The lowest BCUT2D eigenvalue weighted by atomic mass is 10.1. The van der Waals surface area contributed by atoms with Crippen LogP contribution in [0.2, 0.25) is 0 Å². The number of rotatable bonds is 4. The molecule has 0 bridgehead atoms. The Morgan fingerprint density at radius 2 is 2.00 bits per heavy atom. The Kier molecular flexibility index (Phi) is 3.78. The van der Waals surface area contributed by atoms with Crippen molar-refractivity contribution in [2.75, 3.05) is 0 Å². The number of nitro benzene ring substituents is 1. The molecule has 0 radical (unpaired) electrons. The molecule has 2 rings (SSSR count). The number of allylic oxidation sites excluding steroid dienone is 1. The molecule has 0 saturated heterocycles. The maximum atomic E-state index is 11.8. The lowest BCUT2D eigenvalue weighted by molar-refractivity contribution is -0.385. The molecule has 94 valence electrons. The largest absolute Gasteiger partial charge is 0.289 e. The molecular weight excluding hydrogens is 244 g/mol. The SMILES string of the molecule is O=C(C=Cc1ccccc1[N+](=O)[O-])c1cccnc1. The van der Waals surface area contributed by atoms with Gasteiger partial charge in [0.15, 0.2) is 5.78 Å². The number of hydrogen-bond acceptors (Lipinski definition) is 4. The zero-order valence-corrected chi connectivity index (χ0v) is 9.89. The van der Waals surface area contributed by atoms with Crippen LogP contribution in [-0.2, 0) is 0 Å². The number of nitrogens with zero attached hydrogens (tertiary/aromatic N) is 2. The van der Waals surface area contributed by atoms with Crippen molar-refractivity contribution in [2.24, 2.45) is 0 Å². The smallest absolute Gasteiger partial charge is 0.276 e. The number of ketones is 1. The minimum atomic E-state index is -0.478. The fourth-order valence-electron chi connectivity index (χ4n) is 1.56. The molecule has 1 aromatic heterocycles. The average molecular weight is 254 g/mol. The summed E-state index contributed by atoms with van der Waals surface area (Å²) >= 11 is 0. The van der Waals surface area contributed by atoms with Crippen LogP contribution >= 0.6 is 0 Å². The highest BCUT2D eigenvalue weighted by molar-refractivity contribution is 6.06. The Bertz CT molecular complexity index is 636. The van der Waals surface area contributed by atoms with Gasteiger partial charge in [-0.05, 0) is 30.4 Å². The second-order valence-corrected chi connectivity index (χ2v) is 3.76. The van der Waals surface area contributed by atoms with Crippen LogP contribution in [0, 0.1) is 10.1 Å². The number of pyridine rings is 1. The molecular formula is C14H10N2O3. The van der Waals surface area contributed by atoms with Gasteiger partial charge in [0.1, 0.15) is 0 Å². The molecule has 0 aliphatic carbocycles. The van der Waals surface area contributed by atoms with Crippen LogP contribution in [0.3, 0.4) is 0 Å². The highest BCUT2D eigenvalue weighted by atomic mass is 16.6. The van der Waals surface area contributed by atoms with E-state index in [0.717, 1.165) is 0 Å². The van der Waals surface area contributed by atoms with Crippen molar-refractivity contribution in [3.63, 3.8) is 0 Å². The molecule has 5 nitrogen and oxygen atoms in total. The zero-order valence-electron chi connectivity index (χ0n) is 9.89. The normalized spacial score (nSPS) is 10.5. The number of aromatic nitrogens is 1. The van der Waals surface area contributed by atoms with Gasteiger partial charge in [0, 0.05) is 24.0 Å². The predicted octanol–water partition coefficient (Wildman–Crippen LogP) is 2.89.